The third kappa shape index (κ3) is 4.21. The molecular formula is C19H19ClN4O2S. The molecule has 4 rings (SSSR count). The zero-order chi connectivity index (χ0) is 18.6. The summed E-state index contributed by atoms with van der Waals surface area (Å²) in [6.45, 7) is 3.65. The average molecular weight is 403 g/mol. The Morgan fingerprint density at radius 1 is 1.15 bits per heavy atom. The molecular weight excluding hydrogens is 384 g/mol. The second-order valence-corrected chi connectivity index (χ2v) is 7.72. The van der Waals surface area contributed by atoms with E-state index in [1.165, 1.54) is 11.3 Å². The Balaban J connectivity index is 1.37. The van der Waals surface area contributed by atoms with Gasteiger partial charge in [-0.05, 0) is 30.0 Å². The van der Waals surface area contributed by atoms with Crippen molar-refractivity contribution in [3.63, 3.8) is 0 Å². The van der Waals surface area contributed by atoms with Crippen LogP contribution in [0.4, 0.5) is 0 Å². The summed E-state index contributed by atoms with van der Waals surface area (Å²) >= 11 is 7.50. The fraction of sp³-hybridized carbons (Fsp3) is 0.316. The van der Waals surface area contributed by atoms with Gasteiger partial charge in [-0.2, -0.15) is 4.98 Å². The highest BCUT2D eigenvalue weighted by Gasteiger charge is 2.23. The van der Waals surface area contributed by atoms with E-state index in [0.29, 0.717) is 34.7 Å². The molecule has 0 saturated carbocycles. The molecule has 6 nitrogen and oxygen atoms in total. The van der Waals surface area contributed by atoms with Crippen molar-refractivity contribution < 1.29 is 9.32 Å². The van der Waals surface area contributed by atoms with Gasteiger partial charge in [0.05, 0.1) is 11.6 Å². The van der Waals surface area contributed by atoms with Crippen LogP contribution in [0.1, 0.15) is 21.9 Å². The number of hydrogen-bond donors (Lipinski definition) is 0. The van der Waals surface area contributed by atoms with E-state index in [-0.39, 0.29) is 5.91 Å². The van der Waals surface area contributed by atoms with Gasteiger partial charge in [0, 0.05) is 31.7 Å². The molecule has 8 heteroatoms. The van der Waals surface area contributed by atoms with Crippen molar-refractivity contribution in [2.24, 2.45) is 0 Å². The molecule has 1 fully saturated rings. The second-order valence-electron chi connectivity index (χ2n) is 6.40. The summed E-state index contributed by atoms with van der Waals surface area (Å²) in [5.74, 6) is 1.21. The first-order valence-electron chi connectivity index (χ1n) is 8.83. The number of hydrogen-bond acceptors (Lipinski definition) is 6. The van der Waals surface area contributed by atoms with Gasteiger partial charge in [-0.15, -0.1) is 11.3 Å². The van der Waals surface area contributed by atoms with Crippen LogP contribution in [0.5, 0.6) is 0 Å². The van der Waals surface area contributed by atoms with E-state index in [1.54, 1.807) is 6.07 Å². The molecule has 0 aliphatic carbocycles. The molecule has 0 unspecified atom stereocenters. The number of carbonyl (C=O) groups excluding carboxylic acids is 1. The van der Waals surface area contributed by atoms with Gasteiger partial charge in [-0.3, -0.25) is 9.69 Å². The average Bonchev–Trinajstić information content (AvgIpc) is 3.26. The van der Waals surface area contributed by atoms with Gasteiger partial charge in [0.25, 0.3) is 11.8 Å². The van der Waals surface area contributed by atoms with E-state index in [0.717, 1.165) is 31.6 Å². The fourth-order valence-corrected chi connectivity index (χ4v) is 4.24. The summed E-state index contributed by atoms with van der Waals surface area (Å²) in [6, 6.07) is 11.5. The van der Waals surface area contributed by atoms with Crippen LogP contribution in [-0.2, 0) is 6.54 Å². The van der Waals surface area contributed by atoms with E-state index in [1.807, 2.05) is 40.6 Å². The molecule has 1 saturated heterocycles. The predicted octanol–water partition coefficient (Wildman–Crippen LogP) is 3.80. The van der Waals surface area contributed by atoms with Crippen molar-refractivity contribution >= 4 is 28.8 Å². The lowest BCUT2D eigenvalue weighted by Gasteiger charge is -2.20. The molecule has 2 aromatic heterocycles. The molecule has 0 atom stereocenters. The first-order chi connectivity index (χ1) is 13.2. The normalized spacial score (nSPS) is 15.7. The molecule has 27 heavy (non-hydrogen) atoms. The number of thiophene rings is 1. The maximum Gasteiger partial charge on any atom is 0.265 e. The number of benzene rings is 1. The zero-order valence-electron chi connectivity index (χ0n) is 14.7. The van der Waals surface area contributed by atoms with Crippen molar-refractivity contribution in [3.05, 3.63) is 57.5 Å². The van der Waals surface area contributed by atoms with Crippen LogP contribution in [0.2, 0.25) is 5.02 Å². The maximum atomic E-state index is 12.7. The lowest BCUT2D eigenvalue weighted by Crippen LogP contribution is -2.34. The molecule has 1 aliphatic rings. The third-order valence-corrected chi connectivity index (χ3v) is 5.87. The standard InChI is InChI=1S/C19H19ClN4O2S/c20-15-7-12-27-17(15)19(25)24-9-4-8-23(10-11-24)13-16-21-18(26-22-16)14-5-2-1-3-6-14/h1-3,5-7,12H,4,8-11,13H2. The Hall–Kier alpha value is -2.22. The Morgan fingerprint density at radius 2 is 2.00 bits per heavy atom. The van der Waals surface area contributed by atoms with Crippen molar-refractivity contribution in [1.29, 1.82) is 0 Å². The molecule has 140 valence electrons. The van der Waals surface area contributed by atoms with Gasteiger partial charge >= 0.3 is 0 Å². The van der Waals surface area contributed by atoms with Crippen molar-refractivity contribution in [2.45, 2.75) is 13.0 Å². The number of halogens is 1. The molecule has 0 radical (unpaired) electrons. The molecule has 1 amide bonds. The van der Waals surface area contributed by atoms with Crippen molar-refractivity contribution in [2.75, 3.05) is 26.2 Å². The van der Waals surface area contributed by atoms with Gasteiger partial charge in [0.1, 0.15) is 4.88 Å². The van der Waals surface area contributed by atoms with Crippen LogP contribution >= 0.6 is 22.9 Å². The Kier molecular flexibility index (Phi) is 5.52. The number of aromatic nitrogens is 2. The fourth-order valence-electron chi connectivity index (χ4n) is 3.14. The van der Waals surface area contributed by atoms with Gasteiger partial charge in [0.15, 0.2) is 5.82 Å². The summed E-state index contributed by atoms with van der Waals surface area (Å²) in [6.07, 6.45) is 0.901. The van der Waals surface area contributed by atoms with Gasteiger partial charge in [-0.25, -0.2) is 0 Å². The largest absolute Gasteiger partial charge is 0.337 e. The lowest BCUT2D eigenvalue weighted by molar-refractivity contribution is 0.0766. The number of nitrogens with zero attached hydrogens (tertiary/aromatic N) is 4. The monoisotopic (exact) mass is 402 g/mol. The highest BCUT2D eigenvalue weighted by Crippen LogP contribution is 2.24. The summed E-state index contributed by atoms with van der Waals surface area (Å²) in [7, 11) is 0. The summed E-state index contributed by atoms with van der Waals surface area (Å²) < 4.78 is 5.38. The van der Waals surface area contributed by atoms with Gasteiger partial charge in [0.2, 0.25) is 0 Å². The smallest absolute Gasteiger partial charge is 0.265 e. The van der Waals surface area contributed by atoms with E-state index in [2.05, 4.69) is 15.0 Å². The zero-order valence-corrected chi connectivity index (χ0v) is 16.2. The quantitative estimate of drug-likeness (QED) is 0.664. The first kappa shape index (κ1) is 18.2. The van der Waals surface area contributed by atoms with Crippen molar-refractivity contribution in [1.82, 2.24) is 19.9 Å². The van der Waals surface area contributed by atoms with Crippen LogP contribution < -0.4 is 0 Å². The van der Waals surface area contributed by atoms with Gasteiger partial charge < -0.3 is 9.42 Å². The topological polar surface area (TPSA) is 62.5 Å². The summed E-state index contributed by atoms with van der Waals surface area (Å²) in [5.41, 5.74) is 0.914. The lowest BCUT2D eigenvalue weighted by atomic mass is 10.2. The molecule has 0 spiro atoms. The highest BCUT2D eigenvalue weighted by molar-refractivity contribution is 7.12. The number of amides is 1. The SMILES string of the molecule is O=C(c1sccc1Cl)N1CCCN(Cc2noc(-c3ccccc3)n2)CC1. The maximum absolute atomic E-state index is 12.7. The molecule has 3 heterocycles. The molecule has 1 aromatic carbocycles. The Labute approximate surface area is 166 Å². The first-order valence-corrected chi connectivity index (χ1v) is 10.1. The van der Waals surface area contributed by atoms with Gasteiger partial charge in [-0.1, -0.05) is 35.0 Å². The van der Waals surface area contributed by atoms with E-state index in [4.69, 9.17) is 16.1 Å². The highest BCUT2D eigenvalue weighted by atomic mass is 35.5. The number of carbonyl (C=O) groups is 1. The van der Waals surface area contributed by atoms with E-state index < -0.39 is 0 Å². The van der Waals surface area contributed by atoms with Crippen LogP contribution in [0.15, 0.2) is 46.3 Å². The molecule has 3 aromatic rings. The molecule has 1 aliphatic heterocycles. The second kappa shape index (κ2) is 8.21. The van der Waals surface area contributed by atoms with E-state index in [9.17, 15) is 4.79 Å². The Bertz CT molecular complexity index is 911. The minimum atomic E-state index is 0.0165. The van der Waals surface area contributed by atoms with E-state index >= 15 is 0 Å². The summed E-state index contributed by atoms with van der Waals surface area (Å²) in [4.78, 5) is 21.9. The van der Waals surface area contributed by atoms with Crippen molar-refractivity contribution in [3.8, 4) is 11.5 Å². The minimum absolute atomic E-state index is 0.0165. The minimum Gasteiger partial charge on any atom is -0.337 e. The summed E-state index contributed by atoms with van der Waals surface area (Å²) in [5, 5.41) is 6.48. The predicted molar refractivity (Wildman–Crippen MR) is 105 cm³/mol. The molecule has 0 N–H and O–H groups in total. The number of rotatable bonds is 4. The van der Waals surface area contributed by atoms with Crippen LogP contribution in [0.25, 0.3) is 11.5 Å². The molecule has 0 bridgehead atoms. The van der Waals surface area contributed by atoms with Crippen LogP contribution in [0.3, 0.4) is 0 Å². The van der Waals surface area contributed by atoms with Crippen LogP contribution in [0, 0.1) is 0 Å². The Morgan fingerprint density at radius 3 is 2.78 bits per heavy atom. The third-order valence-electron chi connectivity index (χ3n) is 4.54. The van der Waals surface area contributed by atoms with Crippen LogP contribution in [-0.4, -0.2) is 52.0 Å².